The van der Waals surface area contributed by atoms with Gasteiger partial charge in [-0.25, -0.2) is 0 Å². The van der Waals surface area contributed by atoms with Gasteiger partial charge in [-0.05, 0) is 51.8 Å². The maximum atomic E-state index is 9.29. The van der Waals surface area contributed by atoms with Crippen molar-refractivity contribution in [2.75, 3.05) is 18.4 Å². The molecule has 2 unspecified atom stereocenters. The second-order valence-corrected chi connectivity index (χ2v) is 6.41. The summed E-state index contributed by atoms with van der Waals surface area (Å²) in [7, 11) is 0. The van der Waals surface area contributed by atoms with Crippen LogP contribution in [0, 0.1) is 0 Å². The summed E-state index contributed by atoms with van der Waals surface area (Å²) in [5.74, 6) is 0.926. The van der Waals surface area contributed by atoms with Gasteiger partial charge >= 0.3 is 0 Å². The van der Waals surface area contributed by atoms with Gasteiger partial charge in [0.25, 0.3) is 0 Å². The van der Waals surface area contributed by atoms with Crippen molar-refractivity contribution >= 4 is 5.69 Å². The number of benzene rings is 1. The van der Waals surface area contributed by atoms with Gasteiger partial charge in [0.15, 0.2) is 0 Å². The molecule has 0 spiro atoms. The Hall–Kier alpha value is -1.26. The van der Waals surface area contributed by atoms with Crippen LogP contribution in [0.25, 0.3) is 0 Å². The molecule has 2 rings (SSSR count). The Kier molecular flexibility index (Phi) is 4.55. The van der Waals surface area contributed by atoms with Crippen LogP contribution in [0.2, 0.25) is 0 Å². The highest BCUT2D eigenvalue weighted by Crippen LogP contribution is 2.33. The summed E-state index contributed by atoms with van der Waals surface area (Å²) in [6.45, 7) is 9.54. The van der Waals surface area contributed by atoms with E-state index in [1.807, 2.05) is 6.07 Å². The summed E-state index contributed by atoms with van der Waals surface area (Å²) in [5, 5.41) is 16.0. The Balaban J connectivity index is 1.98. The average Bonchev–Trinajstić information content (AvgIpc) is 2.36. The minimum absolute atomic E-state index is 0.152. The number of ether oxygens (including phenoxy) is 1. The smallest absolute Gasteiger partial charge is 0.143 e. The first kappa shape index (κ1) is 15.1. The summed E-state index contributed by atoms with van der Waals surface area (Å²) in [6, 6.07) is 6.65. The lowest BCUT2D eigenvalue weighted by Crippen LogP contribution is -2.40. The van der Waals surface area contributed by atoms with Gasteiger partial charge in [-0.2, -0.15) is 0 Å². The second kappa shape index (κ2) is 6.02. The van der Waals surface area contributed by atoms with E-state index < -0.39 is 0 Å². The zero-order valence-corrected chi connectivity index (χ0v) is 12.9. The fourth-order valence-corrected chi connectivity index (χ4v) is 2.37. The quantitative estimate of drug-likeness (QED) is 0.772. The van der Waals surface area contributed by atoms with E-state index in [0.29, 0.717) is 12.6 Å². The molecule has 3 N–H and O–H groups in total. The van der Waals surface area contributed by atoms with Crippen molar-refractivity contribution in [1.82, 2.24) is 5.32 Å². The predicted octanol–water partition coefficient (Wildman–Crippen LogP) is 2.17. The fraction of sp³-hybridized carbons (Fsp3) is 0.625. The maximum absolute atomic E-state index is 9.29. The number of aliphatic hydroxyl groups excluding tert-OH is 1. The number of aliphatic hydroxyl groups is 1. The van der Waals surface area contributed by atoms with Crippen molar-refractivity contribution in [2.24, 2.45) is 0 Å². The molecule has 0 fully saturated rings. The van der Waals surface area contributed by atoms with Gasteiger partial charge in [0.1, 0.15) is 11.4 Å². The number of nitrogens with one attached hydrogen (secondary N) is 2. The zero-order valence-electron chi connectivity index (χ0n) is 12.9. The topological polar surface area (TPSA) is 53.5 Å². The highest BCUT2D eigenvalue weighted by atomic mass is 16.5. The minimum Gasteiger partial charge on any atom is -0.484 e. The highest BCUT2D eigenvalue weighted by molar-refractivity contribution is 5.60. The first-order valence-corrected chi connectivity index (χ1v) is 7.33. The molecular weight excluding hydrogens is 252 g/mol. The average molecular weight is 278 g/mol. The first-order chi connectivity index (χ1) is 9.35. The summed E-state index contributed by atoms with van der Waals surface area (Å²) in [5.41, 5.74) is 2.19. The van der Waals surface area contributed by atoms with Crippen LogP contribution in [-0.2, 0) is 6.42 Å². The molecule has 0 amide bonds. The molecule has 112 valence electrons. The Labute approximate surface area is 121 Å². The van der Waals surface area contributed by atoms with Gasteiger partial charge in [0.2, 0.25) is 0 Å². The predicted molar refractivity (Wildman–Crippen MR) is 82.5 cm³/mol. The Morgan fingerprint density at radius 1 is 1.40 bits per heavy atom. The van der Waals surface area contributed by atoms with Crippen LogP contribution < -0.4 is 15.4 Å². The molecule has 0 radical (unpaired) electrons. The maximum Gasteiger partial charge on any atom is 0.143 e. The molecular formula is C16H26N2O2. The lowest BCUT2D eigenvalue weighted by molar-refractivity contribution is 0.116. The van der Waals surface area contributed by atoms with Crippen molar-refractivity contribution in [3.63, 3.8) is 0 Å². The summed E-state index contributed by atoms with van der Waals surface area (Å²) in [4.78, 5) is 0. The summed E-state index contributed by atoms with van der Waals surface area (Å²) < 4.78 is 5.95. The first-order valence-electron chi connectivity index (χ1n) is 7.33. The van der Waals surface area contributed by atoms with Crippen LogP contribution in [0.3, 0.4) is 0 Å². The molecule has 1 aromatic carbocycles. The summed E-state index contributed by atoms with van der Waals surface area (Å²) >= 11 is 0. The van der Waals surface area contributed by atoms with E-state index in [1.165, 1.54) is 5.56 Å². The lowest BCUT2D eigenvalue weighted by Gasteiger charge is -2.33. The van der Waals surface area contributed by atoms with Gasteiger partial charge in [0, 0.05) is 12.6 Å². The number of fused-ring (bicyclic) bond motifs is 1. The molecule has 20 heavy (non-hydrogen) atoms. The third-order valence-corrected chi connectivity index (χ3v) is 3.44. The van der Waals surface area contributed by atoms with Gasteiger partial charge in [0.05, 0.1) is 18.3 Å². The SMILES string of the molecule is CC(O)CNC(C)Cc1ccc2c(c1)NCC(C)(C)O2. The van der Waals surface area contributed by atoms with E-state index in [4.69, 9.17) is 4.74 Å². The van der Waals surface area contributed by atoms with Crippen LogP contribution in [0.1, 0.15) is 33.3 Å². The second-order valence-electron chi connectivity index (χ2n) is 6.41. The lowest BCUT2D eigenvalue weighted by atomic mass is 10.0. The van der Waals surface area contributed by atoms with Crippen LogP contribution in [0.15, 0.2) is 18.2 Å². The van der Waals surface area contributed by atoms with Gasteiger partial charge < -0.3 is 20.5 Å². The van der Waals surface area contributed by atoms with E-state index >= 15 is 0 Å². The van der Waals surface area contributed by atoms with E-state index in [2.05, 4.69) is 43.5 Å². The van der Waals surface area contributed by atoms with Gasteiger partial charge in [-0.3, -0.25) is 0 Å². The number of hydrogen-bond acceptors (Lipinski definition) is 4. The Bertz CT molecular complexity index is 458. The van der Waals surface area contributed by atoms with E-state index in [0.717, 1.165) is 24.4 Å². The van der Waals surface area contributed by atoms with E-state index in [1.54, 1.807) is 6.92 Å². The van der Waals surface area contributed by atoms with Crippen molar-refractivity contribution in [3.05, 3.63) is 23.8 Å². The molecule has 0 aliphatic carbocycles. The number of rotatable bonds is 5. The van der Waals surface area contributed by atoms with Crippen molar-refractivity contribution in [3.8, 4) is 5.75 Å². The third-order valence-electron chi connectivity index (χ3n) is 3.44. The number of hydrogen-bond donors (Lipinski definition) is 3. The molecule has 1 heterocycles. The van der Waals surface area contributed by atoms with Crippen molar-refractivity contribution < 1.29 is 9.84 Å². The normalized spacial score (nSPS) is 19.4. The molecule has 1 aliphatic heterocycles. The highest BCUT2D eigenvalue weighted by Gasteiger charge is 2.26. The molecule has 0 bridgehead atoms. The summed E-state index contributed by atoms with van der Waals surface area (Å²) in [6.07, 6.45) is 0.628. The van der Waals surface area contributed by atoms with Crippen molar-refractivity contribution in [1.29, 1.82) is 0 Å². The Morgan fingerprint density at radius 2 is 2.15 bits per heavy atom. The molecule has 0 saturated heterocycles. The molecule has 1 aromatic rings. The molecule has 4 nitrogen and oxygen atoms in total. The third kappa shape index (κ3) is 4.12. The Morgan fingerprint density at radius 3 is 2.85 bits per heavy atom. The number of anilines is 1. The molecule has 0 aromatic heterocycles. The van der Waals surface area contributed by atoms with Crippen LogP contribution in [0.5, 0.6) is 5.75 Å². The van der Waals surface area contributed by atoms with Crippen LogP contribution >= 0.6 is 0 Å². The molecule has 2 atom stereocenters. The van der Waals surface area contributed by atoms with Crippen LogP contribution in [0.4, 0.5) is 5.69 Å². The van der Waals surface area contributed by atoms with Gasteiger partial charge in [-0.15, -0.1) is 0 Å². The molecule has 4 heteroatoms. The van der Waals surface area contributed by atoms with Crippen LogP contribution in [-0.4, -0.2) is 35.9 Å². The van der Waals surface area contributed by atoms with E-state index in [-0.39, 0.29) is 11.7 Å². The van der Waals surface area contributed by atoms with Gasteiger partial charge in [-0.1, -0.05) is 6.07 Å². The zero-order chi connectivity index (χ0) is 14.8. The molecule has 0 saturated carbocycles. The van der Waals surface area contributed by atoms with Crippen molar-refractivity contribution in [2.45, 2.75) is 51.9 Å². The molecule has 1 aliphatic rings. The van der Waals surface area contributed by atoms with E-state index in [9.17, 15) is 5.11 Å². The standard InChI is InChI=1S/C16H26N2O2/c1-11(17-9-12(2)19)7-13-5-6-15-14(8-13)18-10-16(3,4)20-15/h5-6,8,11-12,17-19H,7,9-10H2,1-4H3. The fourth-order valence-electron chi connectivity index (χ4n) is 2.37. The monoisotopic (exact) mass is 278 g/mol. The minimum atomic E-state index is -0.307. The largest absolute Gasteiger partial charge is 0.484 e.